The number of hydrogen-bond donors (Lipinski definition) is 0. The highest BCUT2D eigenvalue weighted by molar-refractivity contribution is 8.05. The van der Waals surface area contributed by atoms with Crippen LogP contribution in [0.3, 0.4) is 0 Å². The van der Waals surface area contributed by atoms with Gasteiger partial charge in [-0.1, -0.05) is 73.9 Å². The van der Waals surface area contributed by atoms with Gasteiger partial charge in [-0.15, -0.1) is 11.8 Å². The molecule has 0 spiro atoms. The van der Waals surface area contributed by atoms with E-state index in [9.17, 15) is 4.79 Å². The van der Waals surface area contributed by atoms with E-state index in [0.29, 0.717) is 0 Å². The molecule has 2 aromatic rings. The van der Waals surface area contributed by atoms with E-state index in [1.54, 1.807) is 11.8 Å². The fourth-order valence-electron chi connectivity index (χ4n) is 2.10. The lowest BCUT2D eigenvalue weighted by Gasteiger charge is -2.22. The third-order valence-corrected chi connectivity index (χ3v) is 9.23. The predicted octanol–water partition coefficient (Wildman–Crippen LogP) is 5.87. The fraction of sp³-hybridized carbons (Fsp3) is 0.250. The number of ether oxygens (including phenoxy) is 1. The zero-order valence-electron chi connectivity index (χ0n) is 15.1. The summed E-state index contributed by atoms with van der Waals surface area (Å²) in [5, 5.41) is -0.342. The van der Waals surface area contributed by atoms with E-state index in [-0.39, 0.29) is 11.2 Å². The number of carbonyl (C=O) groups is 1. The van der Waals surface area contributed by atoms with Crippen LogP contribution in [0.5, 0.6) is 0 Å². The van der Waals surface area contributed by atoms with E-state index in [1.165, 1.54) is 28.3 Å². The van der Waals surface area contributed by atoms with Gasteiger partial charge in [0.1, 0.15) is 5.25 Å². The molecule has 0 aliphatic rings. The van der Waals surface area contributed by atoms with Crippen molar-refractivity contribution in [3.63, 3.8) is 0 Å². The number of esters is 1. The Hall–Kier alpha value is -1.43. The first-order chi connectivity index (χ1) is 11.9. The van der Waals surface area contributed by atoms with Gasteiger partial charge in [0.25, 0.3) is 0 Å². The highest BCUT2D eigenvalue weighted by atomic mass is 32.2. The number of carbonyl (C=O) groups excluding carboxylic acids is 1. The van der Waals surface area contributed by atoms with Crippen LogP contribution < -0.4 is 0 Å². The average Bonchev–Trinajstić information content (AvgIpc) is 2.60. The second kappa shape index (κ2) is 9.32. The molecule has 2 rings (SSSR count). The maximum atomic E-state index is 12.3. The van der Waals surface area contributed by atoms with Gasteiger partial charge in [0, 0.05) is 9.79 Å². The fourth-order valence-corrected chi connectivity index (χ4v) is 6.31. The van der Waals surface area contributed by atoms with Gasteiger partial charge in [0.05, 0.1) is 15.2 Å². The summed E-state index contributed by atoms with van der Waals surface area (Å²) in [5.74, 6) is -0.210. The second-order valence-corrected chi connectivity index (χ2v) is 14.3. The molecular weight excluding hydrogens is 364 g/mol. The Bertz CT molecular complexity index is 709. The number of methoxy groups -OCH3 is 1. The molecule has 1 unspecified atom stereocenters. The highest BCUT2D eigenvalue weighted by Gasteiger charge is 2.26. The van der Waals surface area contributed by atoms with Crippen LogP contribution in [0.1, 0.15) is 0 Å². The lowest BCUT2D eigenvalue weighted by molar-refractivity contribution is -0.139. The Morgan fingerprint density at radius 1 is 0.960 bits per heavy atom. The first kappa shape index (κ1) is 19.9. The van der Waals surface area contributed by atoms with Crippen LogP contribution in [-0.4, -0.2) is 26.4 Å². The molecule has 0 aliphatic heterocycles. The van der Waals surface area contributed by atoms with Crippen molar-refractivity contribution in [3.05, 3.63) is 71.3 Å². The second-order valence-electron chi connectivity index (χ2n) is 6.57. The van der Waals surface area contributed by atoms with Crippen LogP contribution in [0.4, 0.5) is 0 Å². The van der Waals surface area contributed by atoms with Gasteiger partial charge in [-0.25, -0.2) is 0 Å². The molecule has 0 N–H and O–H groups in total. The molecule has 0 saturated carbocycles. The van der Waals surface area contributed by atoms with Crippen LogP contribution in [0.2, 0.25) is 19.6 Å². The molecular formula is C20H24O2S2Si. The zero-order chi connectivity index (χ0) is 18.3. The van der Waals surface area contributed by atoms with Crippen molar-refractivity contribution in [2.45, 2.75) is 34.7 Å². The van der Waals surface area contributed by atoms with Gasteiger partial charge in [0.2, 0.25) is 0 Å². The van der Waals surface area contributed by atoms with Crippen molar-refractivity contribution < 1.29 is 9.53 Å². The van der Waals surface area contributed by atoms with E-state index in [0.717, 1.165) is 4.90 Å². The molecule has 0 bridgehead atoms. The summed E-state index contributed by atoms with van der Waals surface area (Å²) < 4.78 is 6.34. The molecule has 0 saturated heterocycles. The standard InChI is InChI=1S/C20H24O2S2Si/c1-22-20(21)18(23-16-11-7-5-8-12-16)15-19(25(2,3)4)24-17-13-9-6-10-14-17/h5-15,18H,1-4H3/b19-15+. The van der Waals surface area contributed by atoms with E-state index >= 15 is 0 Å². The predicted molar refractivity (Wildman–Crippen MR) is 112 cm³/mol. The largest absolute Gasteiger partial charge is 0.468 e. The van der Waals surface area contributed by atoms with Crippen molar-refractivity contribution in [2.24, 2.45) is 0 Å². The van der Waals surface area contributed by atoms with Crippen LogP contribution in [0.15, 0.2) is 81.1 Å². The minimum absolute atomic E-state index is 0.210. The number of benzene rings is 2. The first-order valence-electron chi connectivity index (χ1n) is 8.15. The van der Waals surface area contributed by atoms with Crippen molar-refractivity contribution in [2.75, 3.05) is 7.11 Å². The average molecular weight is 389 g/mol. The number of hydrogen-bond acceptors (Lipinski definition) is 4. The van der Waals surface area contributed by atoms with E-state index < -0.39 is 8.07 Å². The zero-order valence-corrected chi connectivity index (χ0v) is 17.7. The molecule has 1 atom stereocenters. The van der Waals surface area contributed by atoms with Crippen molar-refractivity contribution in [1.82, 2.24) is 0 Å². The first-order valence-corrected chi connectivity index (χ1v) is 13.3. The topological polar surface area (TPSA) is 26.3 Å². The van der Waals surface area contributed by atoms with Crippen molar-refractivity contribution in [3.8, 4) is 0 Å². The van der Waals surface area contributed by atoms with E-state index in [4.69, 9.17) is 4.74 Å². The summed E-state index contributed by atoms with van der Waals surface area (Å²) in [5.41, 5.74) is 0. The van der Waals surface area contributed by atoms with Gasteiger partial charge in [-0.2, -0.15) is 0 Å². The Morgan fingerprint density at radius 2 is 1.48 bits per heavy atom. The third-order valence-electron chi connectivity index (χ3n) is 3.45. The monoisotopic (exact) mass is 388 g/mol. The third kappa shape index (κ3) is 6.42. The lowest BCUT2D eigenvalue weighted by Crippen LogP contribution is -2.25. The molecule has 0 aromatic heterocycles. The molecule has 0 aliphatic carbocycles. The Morgan fingerprint density at radius 3 is 1.96 bits per heavy atom. The SMILES string of the molecule is COC(=O)C(/C=C(\Sc1ccccc1)[Si](C)(C)C)Sc1ccccc1. The summed E-state index contributed by atoms with van der Waals surface area (Å²) in [6.07, 6.45) is 2.10. The van der Waals surface area contributed by atoms with Gasteiger partial charge >= 0.3 is 5.97 Å². The minimum atomic E-state index is -1.61. The van der Waals surface area contributed by atoms with Crippen LogP contribution in [0, 0.1) is 0 Å². The molecule has 132 valence electrons. The summed E-state index contributed by atoms with van der Waals surface area (Å²) in [4.78, 5) is 14.6. The Labute approximate surface area is 160 Å². The maximum absolute atomic E-state index is 12.3. The smallest absolute Gasteiger partial charge is 0.323 e. The van der Waals surface area contributed by atoms with Crippen LogP contribution in [-0.2, 0) is 9.53 Å². The summed E-state index contributed by atoms with van der Waals surface area (Å²) in [6.45, 7) is 6.91. The Balaban J connectivity index is 2.32. The summed E-state index contributed by atoms with van der Waals surface area (Å²) >= 11 is 3.30. The summed E-state index contributed by atoms with van der Waals surface area (Å²) in [7, 11) is -0.153. The van der Waals surface area contributed by atoms with Gasteiger partial charge in [0.15, 0.2) is 0 Å². The lowest BCUT2D eigenvalue weighted by atomic mass is 10.4. The number of thioether (sulfide) groups is 2. The van der Waals surface area contributed by atoms with Crippen molar-refractivity contribution >= 4 is 37.6 Å². The highest BCUT2D eigenvalue weighted by Crippen LogP contribution is 2.36. The molecule has 25 heavy (non-hydrogen) atoms. The van der Waals surface area contributed by atoms with E-state index in [1.807, 2.05) is 48.5 Å². The minimum Gasteiger partial charge on any atom is -0.468 e. The molecule has 0 radical (unpaired) electrons. The van der Waals surface area contributed by atoms with Gasteiger partial charge in [-0.05, 0) is 28.8 Å². The quantitative estimate of drug-likeness (QED) is 0.336. The molecule has 0 heterocycles. The normalized spacial score (nSPS) is 13.4. The molecule has 2 nitrogen and oxygen atoms in total. The van der Waals surface area contributed by atoms with Crippen LogP contribution in [0.25, 0.3) is 0 Å². The Kier molecular flexibility index (Phi) is 7.41. The van der Waals surface area contributed by atoms with E-state index in [2.05, 4.69) is 37.8 Å². The molecule has 0 amide bonds. The van der Waals surface area contributed by atoms with Gasteiger partial charge < -0.3 is 4.74 Å². The maximum Gasteiger partial charge on any atom is 0.323 e. The summed E-state index contributed by atoms with van der Waals surface area (Å²) in [6, 6.07) is 20.3. The van der Waals surface area contributed by atoms with Crippen LogP contribution >= 0.6 is 23.5 Å². The number of rotatable bonds is 7. The molecule has 0 fully saturated rings. The molecule has 2 aromatic carbocycles. The van der Waals surface area contributed by atoms with Gasteiger partial charge in [-0.3, -0.25) is 4.79 Å². The molecule has 5 heteroatoms. The van der Waals surface area contributed by atoms with Crippen molar-refractivity contribution in [1.29, 1.82) is 0 Å².